The Bertz CT molecular complexity index is 1380. The van der Waals surface area contributed by atoms with Gasteiger partial charge in [-0.05, 0) is 43.8 Å². The van der Waals surface area contributed by atoms with Gasteiger partial charge in [0.1, 0.15) is 12.4 Å². The number of halogens is 3. The Kier molecular flexibility index (Phi) is 5.32. The molecule has 0 bridgehead atoms. The van der Waals surface area contributed by atoms with E-state index in [4.69, 9.17) is 0 Å². The summed E-state index contributed by atoms with van der Waals surface area (Å²) in [6.45, 7) is 2.18. The van der Waals surface area contributed by atoms with Crippen molar-refractivity contribution in [2.75, 3.05) is 38.1 Å². The summed E-state index contributed by atoms with van der Waals surface area (Å²) >= 11 is 0. The van der Waals surface area contributed by atoms with Crippen molar-refractivity contribution < 1.29 is 13.2 Å². The van der Waals surface area contributed by atoms with Gasteiger partial charge >= 0.3 is 6.18 Å². The first-order valence-electron chi connectivity index (χ1n) is 10.8. The fraction of sp³-hybridized carbons (Fsp3) is 0.348. The van der Waals surface area contributed by atoms with Crippen LogP contribution < -0.4 is 10.5 Å². The van der Waals surface area contributed by atoms with Crippen LogP contribution in [-0.2, 0) is 6.54 Å². The van der Waals surface area contributed by atoms with Crippen molar-refractivity contribution in [3.8, 4) is 11.1 Å². The maximum absolute atomic E-state index is 13.4. The van der Waals surface area contributed by atoms with Gasteiger partial charge in [0.05, 0.1) is 22.6 Å². The number of benzene rings is 1. The topological polar surface area (TPSA) is 70.1 Å². The largest absolute Gasteiger partial charge is 0.406 e. The molecule has 4 aromatic rings. The van der Waals surface area contributed by atoms with Crippen LogP contribution in [0.25, 0.3) is 32.9 Å². The monoisotopic (exact) mass is 456 g/mol. The molecule has 3 aromatic heterocycles. The molecule has 10 heteroatoms. The van der Waals surface area contributed by atoms with Gasteiger partial charge in [-0.1, -0.05) is 12.1 Å². The van der Waals surface area contributed by atoms with E-state index in [1.54, 1.807) is 18.3 Å². The van der Waals surface area contributed by atoms with Crippen LogP contribution in [0.15, 0.2) is 47.5 Å². The van der Waals surface area contributed by atoms with E-state index in [0.717, 1.165) is 48.5 Å². The molecule has 1 N–H and O–H groups in total. The number of hydrogen-bond acceptors (Lipinski definition) is 5. The lowest BCUT2D eigenvalue weighted by Crippen LogP contribution is -2.29. The van der Waals surface area contributed by atoms with Gasteiger partial charge in [0.2, 0.25) is 0 Å². The maximum atomic E-state index is 13.4. The normalized spacial score (nSPS) is 15.9. The molecular formula is C23H23F3N6O. The number of fused-ring (bicyclic) bond motifs is 3. The standard InChI is InChI=1S/C23H23F3N6O/c1-30-8-3-9-31(11-10-30)21-16(4-2-7-27-21)15-5-6-17-19(12-15)32(14-23(24,25)26)22(33)18-13-28-29-20(17)18/h2,4-7,12-13H,3,8-11,14H2,1H3,(H,28,29). The highest BCUT2D eigenvalue weighted by Gasteiger charge is 2.30. The fourth-order valence-corrected chi connectivity index (χ4v) is 4.51. The Morgan fingerprint density at radius 3 is 2.76 bits per heavy atom. The lowest BCUT2D eigenvalue weighted by atomic mass is 10.0. The number of pyridine rings is 2. The average molecular weight is 456 g/mol. The molecule has 5 rings (SSSR count). The second-order valence-corrected chi connectivity index (χ2v) is 8.42. The third kappa shape index (κ3) is 4.06. The second-order valence-electron chi connectivity index (χ2n) is 8.42. The van der Waals surface area contributed by atoms with Crippen LogP contribution in [0, 0.1) is 0 Å². The van der Waals surface area contributed by atoms with Gasteiger partial charge in [0.25, 0.3) is 5.56 Å². The third-order valence-corrected chi connectivity index (χ3v) is 6.13. The van der Waals surface area contributed by atoms with Gasteiger partial charge in [-0.15, -0.1) is 0 Å². The van der Waals surface area contributed by atoms with Crippen molar-refractivity contribution in [2.24, 2.45) is 0 Å². The Balaban J connectivity index is 1.69. The highest BCUT2D eigenvalue weighted by atomic mass is 19.4. The number of rotatable bonds is 3. The molecule has 7 nitrogen and oxygen atoms in total. The number of H-pyrrole nitrogens is 1. The van der Waals surface area contributed by atoms with Gasteiger partial charge in [0, 0.05) is 36.8 Å². The predicted molar refractivity (Wildman–Crippen MR) is 121 cm³/mol. The van der Waals surface area contributed by atoms with Crippen molar-refractivity contribution in [3.63, 3.8) is 0 Å². The van der Waals surface area contributed by atoms with Crippen molar-refractivity contribution in [2.45, 2.75) is 19.1 Å². The average Bonchev–Trinajstić information content (AvgIpc) is 3.18. The summed E-state index contributed by atoms with van der Waals surface area (Å²) in [6, 6.07) is 8.97. The minimum Gasteiger partial charge on any atom is -0.355 e. The van der Waals surface area contributed by atoms with Crippen LogP contribution in [0.5, 0.6) is 0 Å². The molecule has 1 fully saturated rings. The Hall–Kier alpha value is -3.40. The first kappa shape index (κ1) is 21.4. The smallest absolute Gasteiger partial charge is 0.355 e. The van der Waals surface area contributed by atoms with E-state index in [0.29, 0.717) is 16.5 Å². The maximum Gasteiger partial charge on any atom is 0.406 e. The van der Waals surface area contributed by atoms with Crippen molar-refractivity contribution in [3.05, 3.63) is 53.1 Å². The van der Waals surface area contributed by atoms with Crippen LogP contribution in [0.4, 0.5) is 19.0 Å². The lowest BCUT2D eigenvalue weighted by molar-refractivity contribution is -0.140. The summed E-state index contributed by atoms with van der Waals surface area (Å²) in [5.41, 5.74) is 1.44. The number of hydrogen-bond donors (Lipinski definition) is 1. The molecule has 1 aromatic carbocycles. The third-order valence-electron chi connectivity index (χ3n) is 6.13. The van der Waals surface area contributed by atoms with Gasteiger partial charge in [-0.3, -0.25) is 14.5 Å². The molecule has 1 saturated heterocycles. The number of aromatic nitrogens is 4. The molecule has 1 aliphatic rings. The highest BCUT2D eigenvalue weighted by Crippen LogP contribution is 2.33. The summed E-state index contributed by atoms with van der Waals surface area (Å²) in [4.78, 5) is 22.0. The SMILES string of the molecule is CN1CCCN(c2ncccc2-c2ccc3c4[nH]ncc4c(=O)n(CC(F)(F)F)c3c2)CC1. The summed E-state index contributed by atoms with van der Waals surface area (Å²) in [5, 5.41) is 7.28. The molecule has 0 amide bonds. The molecule has 0 saturated carbocycles. The first-order chi connectivity index (χ1) is 15.8. The summed E-state index contributed by atoms with van der Waals surface area (Å²) in [6.07, 6.45) is -0.551. The zero-order chi connectivity index (χ0) is 23.2. The molecule has 0 unspecified atom stereocenters. The van der Waals surface area contributed by atoms with Gasteiger partial charge in [0.15, 0.2) is 0 Å². The van der Waals surface area contributed by atoms with Crippen LogP contribution in [0.1, 0.15) is 6.42 Å². The summed E-state index contributed by atoms with van der Waals surface area (Å²) in [5.74, 6) is 0.791. The van der Waals surface area contributed by atoms with Crippen LogP contribution in [-0.4, -0.2) is 64.1 Å². The van der Waals surface area contributed by atoms with Gasteiger partial charge < -0.3 is 9.80 Å². The van der Waals surface area contributed by atoms with E-state index in [-0.39, 0.29) is 10.9 Å². The molecule has 0 radical (unpaired) electrons. The number of likely N-dealkylation sites (N-methyl/N-ethyl adjacent to an activating group) is 1. The van der Waals surface area contributed by atoms with Gasteiger partial charge in [-0.25, -0.2) is 4.98 Å². The van der Waals surface area contributed by atoms with Crippen molar-refractivity contribution in [1.29, 1.82) is 0 Å². The highest BCUT2D eigenvalue weighted by molar-refractivity contribution is 6.04. The van der Waals surface area contributed by atoms with Crippen molar-refractivity contribution >= 4 is 27.6 Å². The lowest BCUT2D eigenvalue weighted by Gasteiger charge is -2.24. The molecular weight excluding hydrogens is 433 g/mol. The molecule has 4 heterocycles. The summed E-state index contributed by atoms with van der Waals surface area (Å²) in [7, 11) is 2.09. The van der Waals surface area contributed by atoms with Crippen LogP contribution in [0.3, 0.4) is 0 Å². The zero-order valence-corrected chi connectivity index (χ0v) is 18.1. The minimum absolute atomic E-state index is 0.134. The van der Waals surface area contributed by atoms with Crippen molar-refractivity contribution in [1.82, 2.24) is 24.6 Å². The summed E-state index contributed by atoms with van der Waals surface area (Å²) < 4.78 is 40.9. The Labute approximate surface area is 187 Å². The molecule has 0 atom stereocenters. The molecule has 0 spiro atoms. The van der Waals surface area contributed by atoms with Crippen LogP contribution >= 0.6 is 0 Å². The fourth-order valence-electron chi connectivity index (χ4n) is 4.51. The number of anilines is 1. The van der Waals surface area contributed by atoms with E-state index < -0.39 is 18.3 Å². The van der Waals surface area contributed by atoms with E-state index >= 15 is 0 Å². The van der Waals surface area contributed by atoms with Crippen LogP contribution in [0.2, 0.25) is 0 Å². The molecule has 33 heavy (non-hydrogen) atoms. The van der Waals surface area contributed by atoms with Gasteiger partial charge in [-0.2, -0.15) is 18.3 Å². The number of alkyl halides is 3. The predicted octanol–water partition coefficient (Wildman–Crippen LogP) is 3.64. The minimum atomic E-state index is -4.54. The number of nitrogens with one attached hydrogen (secondary N) is 1. The van der Waals surface area contributed by atoms with E-state index in [9.17, 15) is 18.0 Å². The molecule has 1 aliphatic heterocycles. The molecule has 172 valence electrons. The van der Waals surface area contributed by atoms with E-state index in [1.807, 2.05) is 18.2 Å². The first-order valence-corrected chi connectivity index (χ1v) is 10.8. The molecule has 0 aliphatic carbocycles. The quantitative estimate of drug-likeness (QED) is 0.510. The Morgan fingerprint density at radius 2 is 1.94 bits per heavy atom. The number of nitrogens with zero attached hydrogens (tertiary/aromatic N) is 5. The van der Waals surface area contributed by atoms with E-state index in [1.165, 1.54) is 6.20 Å². The second kappa shape index (κ2) is 8.18. The van der Waals surface area contributed by atoms with E-state index in [2.05, 4.69) is 32.0 Å². The number of aromatic amines is 1. The zero-order valence-electron chi connectivity index (χ0n) is 18.1. The Morgan fingerprint density at radius 1 is 1.09 bits per heavy atom.